The van der Waals surface area contributed by atoms with E-state index in [0.29, 0.717) is 19.4 Å². The number of nitrogens with zero attached hydrogens (tertiary/aromatic N) is 1. The van der Waals surface area contributed by atoms with Crippen molar-refractivity contribution >= 4 is 21.7 Å². The Morgan fingerprint density at radius 1 is 1.25 bits per heavy atom. The zero-order valence-electron chi connectivity index (χ0n) is 12.6. The monoisotopic (exact) mass is 304 g/mol. The van der Waals surface area contributed by atoms with Crippen LogP contribution in [0.25, 0.3) is 0 Å². The van der Waals surface area contributed by atoms with E-state index >= 15 is 0 Å². The molecule has 2 amide bonds. The molecule has 1 atom stereocenters. The molecule has 1 N–H and O–H groups in total. The smallest absolute Gasteiger partial charge is 0.248 e. The highest BCUT2D eigenvalue weighted by Gasteiger charge is 2.44. The second-order valence-electron chi connectivity index (χ2n) is 5.63. The van der Waals surface area contributed by atoms with Gasteiger partial charge in [-0.25, -0.2) is 8.42 Å². The molecule has 0 aromatic heterocycles. The summed E-state index contributed by atoms with van der Waals surface area (Å²) in [4.78, 5) is 25.9. The maximum Gasteiger partial charge on any atom is 0.248 e. The Balaban J connectivity index is 2.78. The molecule has 0 aromatic carbocycles. The minimum absolute atomic E-state index is 0.0474. The maximum absolute atomic E-state index is 12.3. The number of hydrogen-bond donors (Lipinski definition) is 1. The second-order valence-corrected chi connectivity index (χ2v) is 8.10. The molecule has 1 rings (SSSR count). The minimum atomic E-state index is -3.04. The lowest BCUT2D eigenvalue weighted by atomic mass is 9.95. The number of carbonyl (C=O) groups is 2. The van der Waals surface area contributed by atoms with Crippen molar-refractivity contribution < 1.29 is 18.0 Å². The van der Waals surface area contributed by atoms with Gasteiger partial charge in [0.1, 0.15) is 21.4 Å². The van der Waals surface area contributed by atoms with Gasteiger partial charge in [-0.1, -0.05) is 13.8 Å². The van der Waals surface area contributed by atoms with Gasteiger partial charge < -0.3 is 10.2 Å². The lowest BCUT2D eigenvalue weighted by Crippen LogP contribution is -2.68. The van der Waals surface area contributed by atoms with E-state index in [-0.39, 0.29) is 23.3 Å². The number of nitrogens with one attached hydrogen (secondary N) is 1. The van der Waals surface area contributed by atoms with E-state index in [2.05, 4.69) is 5.32 Å². The van der Waals surface area contributed by atoms with E-state index in [9.17, 15) is 18.0 Å². The van der Waals surface area contributed by atoms with Gasteiger partial charge in [-0.3, -0.25) is 9.59 Å². The summed E-state index contributed by atoms with van der Waals surface area (Å²) in [5.41, 5.74) is -0.924. The number of amides is 2. The maximum atomic E-state index is 12.3. The number of rotatable bonds is 6. The van der Waals surface area contributed by atoms with Crippen molar-refractivity contribution in [3.05, 3.63) is 0 Å². The predicted octanol–water partition coefficient (Wildman–Crippen LogP) is 0.327. The molecular formula is C13H24N2O4S. The Bertz CT molecular complexity index is 485. The molecule has 0 spiro atoms. The molecule has 0 bridgehead atoms. The largest absolute Gasteiger partial charge is 0.340 e. The van der Waals surface area contributed by atoms with Gasteiger partial charge in [-0.15, -0.1) is 0 Å². The summed E-state index contributed by atoms with van der Waals surface area (Å²) in [6, 6.07) is -0.500. The Kier molecular flexibility index (Phi) is 5.18. The van der Waals surface area contributed by atoms with E-state index in [1.165, 1.54) is 4.90 Å². The molecule has 1 aliphatic heterocycles. The van der Waals surface area contributed by atoms with Gasteiger partial charge in [-0.05, 0) is 26.7 Å². The molecule has 6 nitrogen and oxygen atoms in total. The van der Waals surface area contributed by atoms with Gasteiger partial charge in [0.15, 0.2) is 0 Å². The van der Waals surface area contributed by atoms with Crippen molar-refractivity contribution in [1.82, 2.24) is 10.2 Å². The lowest BCUT2D eigenvalue weighted by molar-refractivity contribution is -0.153. The Morgan fingerprint density at radius 2 is 1.85 bits per heavy atom. The highest BCUT2D eigenvalue weighted by Crippen LogP contribution is 2.20. The summed E-state index contributed by atoms with van der Waals surface area (Å²) in [6.45, 7) is 7.07. The molecular weight excluding hydrogens is 280 g/mol. The van der Waals surface area contributed by atoms with E-state index in [0.717, 1.165) is 0 Å². The minimum Gasteiger partial charge on any atom is -0.340 e. The molecule has 1 aliphatic rings. The summed E-state index contributed by atoms with van der Waals surface area (Å²) in [5, 5.41) is 2.71. The van der Waals surface area contributed by atoms with Crippen LogP contribution in [0.4, 0.5) is 0 Å². The molecule has 116 valence electrons. The summed E-state index contributed by atoms with van der Waals surface area (Å²) in [7, 11) is -3.04. The highest BCUT2D eigenvalue weighted by atomic mass is 32.2. The first-order valence-electron chi connectivity index (χ1n) is 6.98. The van der Waals surface area contributed by atoms with Gasteiger partial charge in [0.25, 0.3) is 0 Å². The van der Waals surface area contributed by atoms with Crippen LogP contribution in [-0.4, -0.2) is 54.8 Å². The molecule has 0 aromatic rings. The average Bonchev–Trinajstić information content (AvgIpc) is 2.35. The standard InChI is InChI=1S/C13H24N2O4S/c1-5-10-11(16)14-13(3,4)12(17)15(10)8-7-9-20(18,19)6-2/h10H,5-9H2,1-4H3,(H,14,16). The van der Waals surface area contributed by atoms with E-state index in [1.807, 2.05) is 6.92 Å². The average molecular weight is 304 g/mol. The molecule has 20 heavy (non-hydrogen) atoms. The molecule has 0 saturated carbocycles. The quantitative estimate of drug-likeness (QED) is 0.766. The lowest BCUT2D eigenvalue weighted by Gasteiger charge is -2.42. The Hall–Kier alpha value is -1.11. The topological polar surface area (TPSA) is 83.6 Å². The van der Waals surface area contributed by atoms with Gasteiger partial charge in [-0.2, -0.15) is 0 Å². The van der Waals surface area contributed by atoms with E-state index < -0.39 is 21.4 Å². The van der Waals surface area contributed by atoms with Crippen LogP contribution in [0.1, 0.15) is 40.5 Å². The summed E-state index contributed by atoms with van der Waals surface area (Å²) in [5.74, 6) is -0.177. The number of hydrogen-bond acceptors (Lipinski definition) is 4. The number of carbonyl (C=O) groups excluding carboxylic acids is 2. The van der Waals surface area contributed by atoms with Gasteiger partial charge in [0, 0.05) is 12.3 Å². The third-order valence-electron chi connectivity index (χ3n) is 3.59. The number of piperazine rings is 1. The molecule has 1 unspecified atom stereocenters. The predicted molar refractivity (Wildman–Crippen MR) is 77.0 cm³/mol. The van der Waals surface area contributed by atoms with Crippen LogP contribution in [0.3, 0.4) is 0 Å². The van der Waals surface area contributed by atoms with Crippen molar-refractivity contribution in [1.29, 1.82) is 0 Å². The Labute approximate surface area is 120 Å². The first-order chi connectivity index (χ1) is 9.14. The second kappa shape index (κ2) is 6.11. The van der Waals surface area contributed by atoms with Crippen LogP contribution in [-0.2, 0) is 19.4 Å². The third kappa shape index (κ3) is 3.71. The van der Waals surface area contributed by atoms with Crippen LogP contribution in [0, 0.1) is 0 Å². The molecule has 0 aliphatic carbocycles. The van der Waals surface area contributed by atoms with Crippen LogP contribution in [0.5, 0.6) is 0 Å². The normalized spacial score (nSPS) is 22.8. The Morgan fingerprint density at radius 3 is 2.35 bits per heavy atom. The molecule has 1 fully saturated rings. The van der Waals surface area contributed by atoms with Crippen molar-refractivity contribution in [2.75, 3.05) is 18.1 Å². The summed E-state index contributed by atoms with van der Waals surface area (Å²) >= 11 is 0. The number of sulfone groups is 1. The van der Waals surface area contributed by atoms with Crippen LogP contribution < -0.4 is 5.32 Å². The summed E-state index contributed by atoms with van der Waals surface area (Å²) in [6.07, 6.45) is 0.885. The first-order valence-corrected chi connectivity index (χ1v) is 8.80. The molecule has 1 saturated heterocycles. The van der Waals surface area contributed by atoms with Gasteiger partial charge >= 0.3 is 0 Å². The van der Waals surface area contributed by atoms with Gasteiger partial charge in [0.2, 0.25) is 11.8 Å². The van der Waals surface area contributed by atoms with Crippen LogP contribution in [0.2, 0.25) is 0 Å². The van der Waals surface area contributed by atoms with Crippen molar-refractivity contribution in [3.63, 3.8) is 0 Å². The van der Waals surface area contributed by atoms with Crippen LogP contribution in [0.15, 0.2) is 0 Å². The van der Waals surface area contributed by atoms with Crippen molar-refractivity contribution in [2.24, 2.45) is 0 Å². The van der Waals surface area contributed by atoms with Gasteiger partial charge in [0.05, 0.1) is 5.75 Å². The van der Waals surface area contributed by atoms with E-state index in [1.54, 1.807) is 20.8 Å². The first kappa shape index (κ1) is 16.9. The van der Waals surface area contributed by atoms with E-state index in [4.69, 9.17) is 0 Å². The van der Waals surface area contributed by atoms with Crippen molar-refractivity contribution in [2.45, 2.75) is 52.1 Å². The fourth-order valence-corrected chi connectivity index (χ4v) is 3.21. The fraction of sp³-hybridized carbons (Fsp3) is 0.846. The highest BCUT2D eigenvalue weighted by molar-refractivity contribution is 7.91. The molecule has 7 heteroatoms. The molecule has 1 heterocycles. The van der Waals surface area contributed by atoms with Crippen molar-refractivity contribution in [3.8, 4) is 0 Å². The molecule has 0 radical (unpaired) electrons. The SMILES string of the molecule is CCC1C(=O)NC(C)(C)C(=O)N1CCCS(=O)(=O)CC. The third-order valence-corrected chi connectivity index (χ3v) is 5.38. The zero-order valence-corrected chi connectivity index (χ0v) is 13.4. The van der Waals surface area contributed by atoms with Crippen LogP contribution >= 0.6 is 0 Å². The zero-order chi connectivity index (χ0) is 15.6. The summed E-state index contributed by atoms with van der Waals surface area (Å²) < 4.78 is 23.0. The fourth-order valence-electron chi connectivity index (χ4n) is 2.35.